The van der Waals surface area contributed by atoms with Gasteiger partial charge in [0.1, 0.15) is 6.04 Å². The van der Waals surface area contributed by atoms with Gasteiger partial charge in [0.15, 0.2) is 0 Å². The van der Waals surface area contributed by atoms with Crippen LogP contribution < -0.4 is 10.6 Å². The maximum Gasteiger partial charge on any atom is 0.244 e. The number of hydrogen-bond donors (Lipinski definition) is 2. The summed E-state index contributed by atoms with van der Waals surface area (Å²) in [6.07, 6.45) is 0.836. The Labute approximate surface area is 122 Å². The maximum atomic E-state index is 12.6. The maximum absolute atomic E-state index is 12.6. The highest BCUT2D eigenvalue weighted by molar-refractivity contribution is 5.90. The second-order valence-electron chi connectivity index (χ2n) is 5.94. The van der Waals surface area contributed by atoms with Crippen molar-refractivity contribution in [1.82, 2.24) is 15.5 Å². The minimum atomic E-state index is -0.460. The average molecular weight is 283 g/mol. The van der Waals surface area contributed by atoms with Crippen molar-refractivity contribution in [1.29, 1.82) is 0 Å². The van der Waals surface area contributed by atoms with E-state index >= 15 is 0 Å². The van der Waals surface area contributed by atoms with Gasteiger partial charge >= 0.3 is 0 Å². The molecule has 0 spiro atoms. The fourth-order valence-corrected chi connectivity index (χ4v) is 2.87. The molecule has 0 aromatic rings. The molecule has 2 amide bonds. The van der Waals surface area contributed by atoms with E-state index in [1.165, 1.54) is 0 Å². The summed E-state index contributed by atoms with van der Waals surface area (Å²) in [5.74, 6) is 0.256. The van der Waals surface area contributed by atoms with Crippen LogP contribution in [0.2, 0.25) is 0 Å². The first-order valence-electron chi connectivity index (χ1n) is 7.69. The van der Waals surface area contributed by atoms with Gasteiger partial charge in [-0.2, -0.15) is 0 Å². The molecule has 0 aliphatic carbocycles. The van der Waals surface area contributed by atoms with Crippen LogP contribution in [0.1, 0.15) is 41.0 Å². The van der Waals surface area contributed by atoms with E-state index in [9.17, 15) is 9.59 Å². The average Bonchev–Trinajstić information content (AvgIpc) is 2.90. The molecule has 2 N–H and O–H groups in total. The van der Waals surface area contributed by atoms with Crippen LogP contribution in [-0.2, 0) is 9.59 Å². The zero-order valence-electron chi connectivity index (χ0n) is 13.5. The number of likely N-dealkylation sites (N-methyl/N-ethyl adjacent to an activating group) is 1. The predicted octanol–water partition coefficient (Wildman–Crippen LogP) is 0.995. The zero-order valence-corrected chi connectivity index (χ0v) is 13.5. The summed E-state index contributed by atoms with van der Waals surface area (Å²) in [4.78, 5) is 26.6. The lowest BCUT2D eigenvalue weighted by Gasteiger charge is -2.33. The van der Waals surface area contributed by atoms with Gasteiger partial charge in [-0.1, -0.05) is 13.8 Å². The third kappa shape index (κ3) is 3.32. The third-order valence-electron chi connectivity index (χ3n) is 4.54. The summed E-state index contributed by atoms with van der Waals surface area (Å²) in [5.41, 5.74) is -0.377. The highest BCUT2D eigenvalue weighted by Crippen LogP contribution is 2.34. The third-order valence-corrected chi connectivity index (χ3v) is 4.54. The summed E-state index contributed by atoms with van der Waals surface area (Å²) in [6, 6.07) is -0.460. The summed E-state index contributed by atoms with van der Waals surface area (Å²) in [7, 11) is 0. The lowest BCUT2D eigenvalue weighted by molar-refractivity contribution is -0.139. The van der Waals surface area contributed by atoms with Gasteiger partial charge in [-0.3, -0.25) is 9.59 Å². The lowest BCUT2D eigenvalue weighted by Crippen LogP contribution is -2.53. The van der Waals surface area contributed by atoms with Crippen LogP contribution in [0, 0.1) is 11.3 Å². The minimum Gasteiger partial charge on any atom is -0.344 e. The number of nitrogens with one attached hydrogen (secondary N) is 2. The Bertz CT molecular complexity index is 345. The Morgan fingerprint density at radius 3 is 2.25 bits per heavy atom. The fourth-order valence-electron chi connectivity index (χ4n) is 2.87. The Morgan fingerprint density at radius 1 is 1.25 bits per heavy atom. The molecular weight excluding hydrogens is 254 g/mol. The quantitative estimate of drug-likeness (QED) is 0.764. The van der Waals surface area contributed by atoms with Crippen LogP contribution in [0.4, 0.5) is 0 Å². The molecule has 0 bridgehead atoms. The number of rotatable bonds is 6. The molecule has 0 aromatic heterocycles. The van der Waals surface area contributed by atoms with E-state index in [2.05, 4.69) is 24.5 Å². The second kappa shape index (κ2) is 7.07. The number of nitrogens with zero attached hydrogens (tertiary/aromatic N) is 1. The lowest BCUT2D eigenvalue weighted by atomic mass is 9.75. The molecule has 1 saturated heterocycles. The highest BCUT2D eigenvalue weighted by atomic mass is 16.2. The van der Waals surface area contributed by atoms with Gasteiger partial charge < -0.3 is 15.5 Å². The molecule has 2 atom stereocenters. The molecule has 2 unspecified atom stereocenters. The second-order valence-corrected chi connectivity index (χ2v) is 5.94. The summed E-state index contributed by atoms with van der Waals surface area (Å²) < 4.78 is 0. The van der Waals surface area contributed by atoms with Crippen molar-refractivity contribution in [3.05, 3.63) is 0 Å². The van der Waals surface area contributed by atoms with Crippen LogP contribution in [0.15, 0.2) is 0 Å². The van der Waals surface area contributed by atoms with Crippen molar-refractivity contribution in [2.45, 2.75) is 47.1 Å². The van der Waals surface area contributed by atoms with Crippen molar-refractivity contribution in [3.63, 3.8) is 0 Å². The molecule has 0 saturated carbocycles. The Morgan fingerprint density at radius 2 is 1.85 bits per heavy atom. The highest BCUT2D eigenvalue weighted by Gasteiger charge is 2.44. The van der Waals surface area contributed by atoms with Crippen LogP contribution in [0.5, 0.6) is 0 Å². The van der Waals surface area contributed by atoms with E-state index in [1.54, 1.807) is 11.8 Å². The van der Waals surface area contributed by atoms with Gasteiger partial charge in [-0.25, -0.2) is 0 Å². The standard InChI is InChI=1S/C15H29N3O2/c1-6-18(7-2)13(19)12(5)17-14(20)15(11(3)4)8-9-16-10-15/h11-12,16H,6-10H2,1-5H3,(H,17,20). The van der Waals surface area contributed by atoms with Gasteiger partial charge in [0.2, 0.25) is 11.8 Å². The Kier molecular flexibility index (Phi) is 5.99. The van der Waals surface area contributed by atoms with E-state index in [-0.39, 0.29) is 23.1 Å². The minimum absolute atomic E-state index is 0.00510. The molecule has 1 fully saturated rings. The monoisotopic (exact) mass is 283 g/mol. The molecule has 5 heteroatoms. The van der Waals surface area contributed by atoms with E-state index in [1.807, 2.05) is 13.8 Å². The first kappa shape index (κ1) is 17.0. The topological polar surface area (TPSA) is 61.4 Å². The van der Waals surface area contributed by atoms with Crippen LogP contribution in [0.25, 0.3) is 0 Å². The molecule has 1 aliphatic rings. The first-order valence-corrected chi connectivity index (χ1v) is 7.69. The van der Waals surface area contributed by atoms with Crippen LogP contribution in [-0.4, -0.2) is 48.9 Å². The van der Waals surface area contributed by atoms with Gasteiger partial charge in [0, 0.05) is 19.6 Å². The van der Waals surface area contributed by atoms with Crippen LogP contribution >= 0.6 is 0 Å². The summed E-state index contributed by atoms with van der Waals surface area (Å²) in [5, 5.41) is 6.19. The molecule has 0 radical (unpaired) electrons. The predicted molar refractivity (Wildman–Crippen MR) is 80.3 cm³/mol. The number of hydrogen-bond acceptors (Lipinski definition) is 3. The van der Waals surface area contributed by atoms with E-state index in [0.29, 0.717) is 19.6 Å². The van der Waals surface area contributed by atoms with Crippen molar-refractivity contribution in [2.24, 2.45) is 11.3 Å². The number of carbonyl (C=O) groups is 2. The van der Waals surface area contributed by atoms with E-state index < -0.39 is 6.04 Å². The molecule has 0 aromatic carbocycles. The molecular formula is C15H29N3O2. The molecule has 5 nitrogen and oxygen atoms in total. The van der Waals surface area contributed by atoms with Crippen molar-refractivity contribution in [2.75, 3.05) is 26.2 Å². The van der Waals surface area contributed by atoms with Crippen molar-refractivity contribution in [3.8, 4) is 0 Å². The van der Waals surface area contributed by atoms with Gasteiger partial charge in [0.25, 0.3) is 0 Å². The SMILES string of the molecule is CCN(CC)C(=O)C(C)NC(=O)C1(C(C)C)CCNC1. The largest absolute Gasteiger partial charge is 0.344 e. The number of amides is 2. The number of carbonyl (C=O) groups excluding carboxylic acids is 2. The molecule has 20 heavy (non-hydrogen) atoms. The molecule has 116 valence electrons. The smallest absolute Gasteiger partial charge is 0.244 e. The van der Waals surface area contributed by atoms with Crippen LogP contribution in [0.3, 0.4) is 0 Å². The van der Waals surface area contributed by atoms with Gasteiger partial charge in [-0.15, -0.1) is 0 Å². The van der Waals surface area contributed by atoms with E-state index in [0.717, 1.165) is 13.0 Å². The van der Waals surface area contributed by atoms with E-state index in [4.69, 9.17) is 0 Å². The van der Waals surface area contributed by atoms with Gasteiger partial charge in [0.05, 0.1) is 5.41 Å². The summed E-state index contributed by atoms with van der Waals surface area (Å²) >= 11 is 0. The molecule has 1 aliphatic heterocycles. The summed E-state index contributed by atoms with van der Waals surface area (Å²) in [6.45, 7) is 12.7. The Balaban J connectivity index is 2.71. The first-order chi connectivity index (χ1) is 9.39. The van der Waals surface area contributed by atoms with Crippen molar-refractivity contribution >= 4 is 11.8 Å². The molecule has 1 rings (SSSR count). The normalized spacial score (nSPS) is 23.7. The van der Waals surface area contributed by atoms with Crippen molar-refractivity contribution < 1.29 is 9.59 Å². The van der Waals surface area contributed by atoms with Gasteiger partial charge in [-0.05, 0) is 39.7 Å². The molecule has 1 heterocycles. The Hall–Kier alpha value is -1.10. The fraction of sp³-hybridized carbons (Fsp3) is 0.867. The zero-order chi connectivity index (χ0) is 15.3.